The van der Waals surface area contributed by atoms with Crippen LogP contribution >= 0.6 is 11.6 Å². The molecule has 1 amide bonds. The van der Waals surface area contributed by atoms with Gasteiger partial charge in [-0.05, 0) is 37.3 Å². The Morgan fingerprint density at radius 1 is 1.20 bits per heavy atom. The highest BCUT2D eigenvalue weighted by Gasteiger charge is 2.14. The molecule has 2 aromatic carbocycles. The molecule has 1 N–H and O–H groups in total. The fraction of sp³-hybridized carbons (Fsp3) is 0.222. The van der Waals surface area contributed by atoms with Gasteiger partial charge in [0.2, 0.25) is 0 Å². The first-order valence-electron chi connectivity index (χ1n) is 7.51. The molecule has 0 heterocycles. The maximum atomic E-state index is 12.1. The second-order valence-corrected chi connectivity index (χ2v) is 5.47. The topological polar surface area (TPSA) is 69.2 Å². The molecule has 0 saturated heterocycles. The van der Waals surface area contributed by atoms with Crippen LogP contribution in [0.5, 0.6) is 17.2 Å². The Morgan fingerprint density at radius 3 is 2.64 bits per heavy atom. The number of nitrogens with zero attached hydrogens (tertiary/aromatic N) is 1. The number of ether oxygens (including phenoxy) is 3. The third-order valence-electron chi connectivity index (χ3n) is 3.29. The van der Waals surface area contributed by atoms with Crippen molar-refractivity contribution in [2.75, 3.05) is 14.2 Å². The van der Waals surface area contributed by atoms with Gasteiger partial charge >= 0.3 is 0 Å². The zero-order chi connectivity index (χ0) is 18.2. The van der Waals surface area contributed by atoms with E-state index in [0.717, 1.165) is 0 Å². The Labute approximate surface area is 151 Å². The Balaban J connectivity index is 1.98. The molecule has 1 atom stereocenters. The third-order valence-corrected chi connectivity index (χ3v) is 3.53. The molecule has 0 aliphatic heterocycles. The van der Waals surface area contributed by atoms with E-state index in [1.807, 2.05) is 0 Å². The molecule has 6 nitrogen and oxygen atoms in total. The molecule has 7 heteroatoms. The van der Waals surface area contributed by atoms with E-state index >= 15 is 0 Å². The molecule has 0 aliphatic rings. The number of benzene rings is 2. The number of hydrogen-bond donors (Lipinski definition) is 1. The summed E-state index contributed by atoms with van der Waals surface area (Å²) in [4.78, 5) is 12.1. The summed E-state index contributed by atoms with van der Waals surface area (Å²) < 4.78 is 16.0. The summed E-state index contributed by atoms with van der Waals surface area (Å²) in [5.41, 5.74) is 3.10. The van der Waals surface area contributed by atoms with E-state index in [4.69, 9.17) is 25.8 Å². The lowest BCUT2D eigenvalue weighted by Crippen LogP contribution is -2.33. The van der Waals surface area contributed by atoms with Gasteiger partial charge in [-0.25, -0.2) is 5.43 Å². The van der Waals surface area contributed by atoms with Gasteiger partial charge in [0.05, 0.1) is 20.4 Å². The summed E-state index contributed by atoms with van der Waals surface area (Å²) >= 11 is 5.89. The Bertz CT molecular complexity index is 764. The molecule has 0 aromatic heterocycles. The summed E-state index contributed by atoms with van der Waals surface area (Å²) in [5, 5.41) is 4.48. The van der Waals surface area contributed by atoms with Crippen LogP contribution in [-0.2, 0) is 4.79 Å². The number of carbonyl (C=O) groups is 1. The van der Waals surface area contributed by atoms with Crippen LogP contribution in [0.3, 0.4) is 0 Å². The fourth-order valence-corrected chi connectivity index (χ4v) is 2.25. The van der Waals surface area contributed by atoms with Crippen LogP contribution < -0.4 is 19.6 Å². The van der Waals surface area contributed by atoms with E-state index in [2.05, 4.69) is 10.5 Å². The first-order chi connectivity index (χ1) is 12.0. The molecule has 0 saturated carbocycles. The van der Waals surface area contributed by atoms with Crippen LogP contribution in [0.1, 0.15) is 12.5 Å². The van der Waals surface area contributed by atoms with Crippen molar-refractivity contribution < 1.29 is 19.0 Å². The Kier molecular flexibility index (Phi) is 6.65. The number of hydrazone groups is 1. The number of rotatable bonds is 7. The van der Waals surface area contributed by atoms with Gasteiger partial charge in [0.25, 0.3) is 5.91 Å². The number of hydrogen-bond acceptors (Lipinski definition) is 5. The highest BCUT2D eigenvalue weighted by atomic mass is 35.5. The van der Waals surface area contributed by atoms with Gasteiger partial charge < -0.3 is 14.2 Å². The maximum absolute atomic E-state index is 12.1. The Morgan fingerprint density at radius 2 is 1.96 bits per heavy atom. The van der Waals surface area contributed by atoms with E-state index in [-0.39, 0.29) is 0 Å². The lowest BCUT2D eigenvalue weighted by Gasteiger charge is -2.13. The fourth-order valence-electron chi connectivity index (χ4n) is 2.07. The van der Waals surface area contributed by atoms with Crippen molar-refractivity contribution in [2.24, 2.45) is 5.10 Å². The molecule has 0 fully saturated rings. The largest absolute Gasteiger partial charge is 0.493 e. The minimum atomic E-state index is -0.733. The first-order valence-corrected chi connectivity index (χ1v) is 7.89. The number of para-hydroxylation sites is 1. The molecule has 1 unspecified atom stereocenters. The van der Waals surface area contributed by atoms with Crippen LogP contribution in [0.15, 0.2) is 47.6 Å². The molecular weight excluding hydrogens is 344 g/mol. The molecule has 0 bridgehead atoms. The van der Waals surface area contributed by atoms with E-state index in [0.29, 0.717) is 27.8 Å². The molecule has 132 valence electrons. The van der Waals surface area contributed by atoms with E-state index in [1.165, 1.54) is 13.3 Å². The van der Waals surface area contributed by atoms with Gasteiger partial charge in [0.1, 0.15) is 5.75 Å². The third kappa shape index (κ3) is 5.12. The lowest BCUT2D eigenvalue weighted by atomic mass is 10.2. The minimum absolute atomic E-state index is 0.391. The van der Waals surface area contributed by atoms with E-state index < -0.39 is 12.0 Å². The van der Waals surface area contributed by atoms with Gasteiger partial charge in [-0.3, -0.25) is 4.79 Å². The quantitative estimate of drug-likeness (QED) is 0.606. The molecule has 0 aliphatic carbocycles. The normalized spacial score (nSPS) is 11.8. The summed E-state index contributed by atoms with van der Waals surface area (Å²) in [5.74, 6) is 1.23. The average molecular weight is 363 g/mol. The molecule has 0 spiro atoms. The maximum Gasteiger partial charge on any atom is 0.280 e. The van der Waals surface area contributed by atoms with Gasteiger partial charge in [0, 0.05) is 10.6 Å². The smallest absolute Gasteiger partial charge is 0.280 e. The van der Waals surface area contributed by atoms with Crippen molar-refractivity contribution in [2.45, 2.75) is 13.0 Å². The zero-order valence-corrected chi connectivity index (χ0v) is 14.9. The Hall–Kier alpha value is -2.73. The molecular formula is C18H19ClN2O4. The van der Waals surface area contributed by atoms with Crippen molar-refractivity contribution in [3.05, 3.63) is 53.1 Å². The predicted octanol–water partition coefficient (Wildman–Crippen LogP) is 3.27. The van der Waals surface area contributed by atoms with Gasteiger partial charge in [-0.2, -0.15) is 5.10 Å². The van der Waals surface area contributed by atoms with Crippen LogP contribution in [0.25, 0.3) is 0 Å². The highest BCUT2D eigenvalue weighted by Crippen LogP contribution is 2.29. The van der Waals surface area contributed by atoms with Crippen molar-refractivity contribution in [3.8, 4) is 17.2 Å². The second-order valence-electron chi connectivity index (χ2n) is 5.03. The van der Waals surface area contributed by atoms with E-state index in [1.54, 1.807) is 56.5 Å². The monoisotopic (exact) mass is 362 g/mol. The van der Waals surface area contributed by atoms with Crippen LogP contribution in [0.2, 0.25) is 5.02 Å². The number of methoxy groups -OCH3 is 2. The van der Waals surface area contributed by atoms with Gasteiger partial charge in [-0.1, -0.05) is 23.7 Å². The first kappa shape index (κ1) is 18.6. The summed E-state index contributed by atoms with van der Waals surface area (Å²) in [6, 6.07) is 12.2. The van der Waals surface area contributed by atoms with Crippen LogP contribution in [-0.4, -0.2) is 32.4 Å². The van der Waals surface area contributed by atoms with E-state index in [9.17, 15) is 4.79 Å². The standard InChI is InChI=1S/C18H19ClN2O4/c1-12(25-15-8-5-7-14(19)10-15)18(22)21-20-11-13-6-4-9-16(23-2)17(13)24-3/h4-12H,1-3H3,(H,21,22)/b20-11+. The molecule has 2 aromatic rings. The number of amides is 1. The zero-order valence-electron chi connectivity index (χ0n) is 14.2. The number of nitrogens with one attached hydrogen (secondary N) is 1. The van der Waals surface area contributed by atoms with Crippen molar-refractivity contribution in [1.82, 2.24) is 5.43 Å². The highest BCUT2D eigenvalue weighted by molar-refractivity contribution is 6.30. The number of halogens is 1. The molecule has 0 radical (unpaired) electrons. The summed E-state index contributed by atoms with van der Waals surface area (Å²) in [6.07, 6.45) is 0.744. The van der Waals surface area contributed by atoms with Crippen molar-refractivity contribution >= 4 is 23.7 Å². The van der Waals surface area contributed by atoms with Crippen LogP contribution in [0, 0.1) is 0 Å². The molecule has 25 heavy (non-hydrogen) atoms. The van der Waals surface area contributed by atoms with Crippen LogP contribution in [0.4, 0.5) is 0 Å². The molecule has 2 rings (SSSR count). The van der Waals surface area contributed by atoms with Crippen molar-refractivity contribution in [1.29, 1.82) is 0 Å². The van der Waals surface area contributed by atoms with Crippen molar-refractivity contribution in [3.63, 3.8) is 0 Å². The summed E-state index contributed by atoms with van der Waals surface area (Å²) in [7, 11) is 3.09. The summed E-state index contributed by atoms with van der Waals surface area (Å²) in [6.45, 7) is 1.62. The average Bonchev–Trinajstić information content (AvgIpc) is 2.61. The minimum Gasteiger partial charge on any atom is -0.493 e. The second kappa shape index (κ2) is 8.94. The SMILES string of the molecule is COc1cccc(/C=N/NC(=O)C(C)Oc2cccc(Cl)c2)c1OC. The van der Waals surface area contributed by atoms with Gasteiger partial charge in [-0.15, -0.1) is 0 Å². The predicted molar refractivity (Wildman–Crippen MR) is 96.8 cm³/mol. The van der Waals surface area contributed by atoms with Gasteiger partial charge in [0.15, 0.2) is 17.6 Å². The lowest BCUT2D eigenvalue weighted by molar-refractivity contribution is -0.127. The number of carbonyl (C=O) groups excluding carboxylic acids is 1.